The van der Waals surface area contributed by atoms with E-state index in [-0.39, 0.29) is 5.69 Å². The van der Waals surface area contributed by atoms with E-state index >= 15 is 0 Å². The van der Waals surface area contributed by atoms with Crippen molar-refractivity contribution in [2.45, 2.75) is 0 Å². The van der Waals surface area contributed by atoms with Gasteiger partial charge in [-0.1, -0.05) is 0 Å². The van der Waals surface area contributed by atoms with E-state index in [0.29, 0.717) is 21.4 Å². The SMILES string of the molecule is Cn1ncc(Br)c1-c1cc(F)cc(NC(=O)Nc2ccc(F)cc2)c1. The van der Waals surface area contributed by atoms with Crippen molar-refractivity contribution in [3.05, 3.63) is 64.8 Å². The van der Waals surface area contributed by atoms with E-state index in [1.54, 1.807) is 24.0 Å². The number of hydrogen-bond acceptors (Lipinski definition) is 2. The summed E-state index contributed by atoms with van der Waals surface area (Å²) in [5.41, 5.74) is 1.94. The Morgan fingerprint density at radius 1 is 1.04 bits per heavy atom. The third kappa shape index (κ3) is 4.03. The predicted molar refractivity (Wildman–Crippen MR) is 95.3 cm³/mol. The van der Waals surface area contributed by atoms with Crippen LogP contribution in [0.25, 0.3) is 11.3 Å². The van der Waals surface area contributed by atoms with Crippen LogP contribution in [0.3, 0.4) is 0 Å². The molecule has 0 aliphatic rings. The van der Waals surface area contributed by atoms with Crippen LogP contribution in [0.4, 0.5) is 25.0 Å². The van der Waals surface area contributed by atoms with Crippen LogP contribution in [0.1, 0.15) is 0 Å². The van der Waals surface area contributed by atoms with Gasteiger partial charge in [-0.25, -0.2) is 13.6 Å². The molecule has 5 nitrogen and oxygen atoms in total. The first-order valence-corrected chi connectivity index (χ1v) is 8.04. The topological polar surface area (TPSA) is 59.0 Å². The van der Waals surface area contributed by atoms with E-state index in [9.17, 15) is 13.6 Å². The number of anilines is 2. The summed E-state index contributed by atoms with van der Waals surface area (Å²) in [6.45, 7) is 0. The lowest BCUT2D eigenvalue weighted by molar-refractivity contribution is 0.262. The van der Waals surface area contributed by atoms with Gasteiger partial charge in [-0.15, -0.1) is 0 Å². The van der Waals surface area contributed by atoms with E-state index < -0.39 is 17.7 Å². The Morgan fingerprint density at radius 2 is 1.72 bits per heavy atom. The van der Waals surface area contributed by atoms with Crippen LogP contribution in [-0.2, 0) is 7.05 Å². The number of carbonyl (C=O) groups excluding carboxylic acids is 1. The number of aromatic nitrogens is 2. The highest BCUT2D eigenvalue weighted by molar-refractivity contribution is 9.10. The van der Waals surface area contributed by atoms with Crippen LogP contribution in [0.15, 0.2) is 53.1 Å². The Balaban J connectivity index is 1.81. The number of aryl methyl sites for hydroxylation is 1. The third-order valence-corrected chi connectivity index (χ3v) is 4.01. The van der Waals surface area contributed by atoms with Crippen molar-refractivity contribution in [2.75, 3.05) is 10.6 Å². The van der Waals surface area contributed by atoms with Crippen LogP contribution in [0, 0.1) is 11.6 Å². The van der Waals surface area contributed by atoms with Crippen molar-refractivity contribution in [1.29, 1.82) is 0 Å². The van der Waals surface area contributed by atoms with Gasteiger partial charge < -0.3 is 10.6 Å². The molecule has 2 aromatic carbocycles. The molecule has 128 valence electrons. The zero-order chi connectivity index (χ0) is 18.0. The molecular weight excluding hydrogens is 394 g/mol. The number of urea groups is 1. The quantitative estimate of drug-likeness (QED) is 0.657. The monoisotopic (exact) mass is 406 g/mol. The van der Waals surface area contributed by atoms with Crippen LogP contribution in [-0.4, -0.2) is 15.8 Å². The number of carbonyl (C=O) groups is 1. The minimum Gasteiger partial charge on any atom is -0.308 e. The van der Waals surface area contributed by atoms with Gasteiger partial charge in [-0.2, -0.15) is 5.10 Å². The normalized spacial score (nSPS) is 10.6. The van der Waals surface area contributed by atoms with Gasteiger partial charge in [-0.05, 0) is 58.4 Å². The first-order valence-electron chi connectivity index (χ1n) is 7.24. The molecule has 2 amide bonds. The van der Waals surface area contributed by atoms with Crippen molar-refractivity contribution in [3.8, 4) is 11.3 Å². The second kappa shape index (κ2) is 7.02. The Morgan fingerprint density at radius 3 is 2.36 bits per heavy atom. The largest absolute Gasteiger partial charge is 0.323 e. The number of halogens is 3. The number of amides is 2. The van der Waals surface area contributed by atoms with E-state index in [1.165, 1.54) is 36.4 Å². The van der Waals surface area contributed by atoms with Crippen molar-refractivity contribution in [3.63, 3.8) is 0 Å². The molecule has 3 aromatic rings. The molecule has 0 atom stereocenters. The lowest BCUT2D eigenvalue weighted by Crippen LogP contribution is -2.19. The summed E-state index contributed by atoms with van der Waals surface area (Å²) in [6.07, 6.45) is 1.61. The van der Waals surface area contributed by atoms with Crippen LogP contribution in [0.2, 0.25) is 0 Å². The highest BCUT2D eigenvalue weighted by Crippen LogP contribution is 2.30. The minimum atomic E-state index is -0.563. The second-order valence-corrected chi connectivity index (χ2v) is 6.13. The van der Waals surface area contributed by atoms with E-state index in [0.717, 1.165) is 0 Å². The number of nitrogens with zero attached hydrogens (tertiary/aromatic N) is 2. The average Bonchev–Trinajstić information content (AvgIpc) is 2.88. The van der Waals surface area contributed by atoms with E-state index in [2.05, 4.69) is 31.7 Å². The van der Waals surface area contributed by atoms with Crippen molar-refractivity contribution >= 4 is 33.3 Å². The Bertz CT molecular complexity index is 905. The van der Waals surface area contributed by atoms with Crippen molar-refractivity contribution in [2.24, 2.45) is 7.05 Å². The molecule has 0 unspecified atom stereocenters. The van der Waals surface area contributed by atoms with Crippen LogP contribution < -0.4 is 10.6 Å². The minimum absolute atomic E-state index is 0.280. The fourth-order valence-electron chi connectivity index (χ4n) is 2.36. The van der Waals surface area contributed by atoms with Crippen molar-refractivity contribution < 1.29 is 13.6 Å². The molecule has 0 saturated heterocycles. The molecule has 0 aliphatic carbocycles. The summed E-state index contributed by atoms with van der Waals surface area (Å²) in [4.78, 5) is 12.0. The standard InChI is InChI=1S/C17H13BrF2N4O/c1-24-16(15(18)9-21-24)10-6-12(20)8-14(7-10)23-17(25)22-13-4-2-11(19)3-5-13/h2-9H,1H3,(H2,22,23,25). The van der Waals surface area contributed by atoms with Gasteiger partial charge in [0.25, 0.3) is 0 Å². The van der Waals surface area contributed by atoms with E-state index in [1.807, 2.05) is 0 Å². The van der Waals surface area contributed by atoms with Gasteiger partial charge in [0.2, 0.25) is 0 Å². The number of rotatable bonds is 3. The first-order chi connectivity index (χ1) is 11.9. The van der Waals surface area contributed by atoms with Crippen LogP contribution in [0.5, 0.6) is 0 Å². The highest BCUT2D eigenvalue weighted by Gasteiger charge is 2.12. The van der Waals surface area contributed by atoms with Gasteiger partial charge in [0, 0.05) is 24.0 Å². The number of benzene rings is 2. The molecular formula is C17H13BrF2N4O. The number of hydrogen-bond donors (Lipinski definition) is 2. The maximum absolute atomic E-state index is 13.9. The lowest BCUT2D eigenvalue weighted by Gasteiger charge is -2.10. The van der Waals surface area contributed by atoms with E-state index in [4.69, 9.17) is 0 Å². The summed E-state index contributed by atoms with van der Waals surface area (Å²) < 4.78 is 29.1. The lowest BCUT2D eigenvalue weighted by atomic mass is 10.1. The molecule has 0 spiro atoms. The Hall–Kier alpha value is -2.74. The maximum atomic E-state index is 13.9. The van der Waals surface area contributed by atoms with Gasteiger partial charge in [0.15, 0.2) is 0 Å². The molecule has 0 fully saturated rings. The molecule has 0 bridgehead atoms. The first kappa shape index (κ1) is 17.1. The summed E-state index contributed by atoms with van der Waals surface area (Å²) in [7, 11) is 1.74. The Kier molecular flexibility index (Phi) is 4.80. The maximum Gasteiger partial charge on any atom is 0.323 e. The number of nitrogens with one attached hydrogen (secondary N) is 2. The molecule has 1 heterocycles. The van der Waals surface area contributed by atoms with Gasteiger partial charge in [0.05, 0.1) is 16.4 Å². The fraction of sp³-hybridized carbons (Fsp3) is 0.0588. The molecule has 0 aliphatic heterocycles. The fourth-order valence-corrected chi connectivity index (χ4v) is 2.94. The predicted octanol–water partition coefficient (Wildman–Crippen LogP) is 4.77. The smallest absolute Gasteiger partial charge is 0.308 e. The summed E-state index contributed by atoms with van der Waals surface area (Å²) >= 11 is 3.37. The van der Waals surface area contributed by atoms with Gasteiger partial charge in [0.1, 0.15) is 11.6 Å². The molecule has 1 aromatic heterocycles. The molecule has 8 heteroatoms. The zero-order valence-electron chi connectivity index (χ0n) is 13.1. The summed E-state index contributed by atoms with van der Waals surface area (Å²) in [6, 6.07) is 8.95. The summed E-state index contributed by atoms with van der Waals surface area (Å²) in [5, 5.41) is 9.20. The Labute approximate surface area is 150 Å². The zero-order valence-corrected chi connectivity index (χ0v) is 14.6. The third-order valence-electron chi connectivity index (χ3n) is 3.43. The molecule has 2 N–H and O–H groups in total. The van der Waals surface area contributed by atoms with Crippen molar-refractivity contribution in [1.82, 2.24) is 9.78 Å². The van der Waals surface area contributed by atoms with Gasteiger partial charge in [-0.3, -0.25) is 4.68 Å². The average molecular weight is 407 g/mol. The second-order valence-electron chi connectivity index (χ2n) is 5.28. The molecule has 0 radical (unpaired) electrons. The highest BCUT2D eigenvalue weighted by atomic mass is 79.9. The molecule has 3 rings (SSSR count). The molecule has 0 saturated carbocycles. The summed E-state index contributed by atoms with van der Waals surface area (Å²) in [5.74, 6) is -0.898. The van der Waals surface area contributed by atoms with Crippen LogP contribution >= 0.6 is 15.9 Å². The van der Waals surface area contributed by atoms with Gasteiger partial charge >= 0.3 is 6.03 Å². The molecule has 25 heavy (non-hydrogen) atoms.